The SMILES string of the molecule is COc1ccc2c(N3CCC(C(=O)NCc4ccccc4Cl)CC3)c(C#N)cnc2c1. The molecule has 0 bridgehead atoms. The number of rotatable bonds is 5. The van der Waals surface area contributed by atoms with Gasteiger partial charge in [-0.15, -0.1) is 0 Å². The number of anilines is 1. The lowest BCUT2D eigenvalue weighted by atomic mass is 9.94. The van der Waals surface area contributed by atoms with Gasteiger partial charge in [0, 0.05) is 48.2 Å². The molecule has 6 nitrogen and oxygen atoms in total. The Bertz CT molecular complexity index is 1150. The van der Waals surface area contributed by atoms with Gasteiger partial charge in [0.1, 0.15) is 11.8 Å². The zero-order valence-electron chi connectivity index (χ0n) is 17.3. The van der Waals surface area contributed by atoms with E-state index in [-0.39, 0.29) is 11.8 Å². The Balaban J connectivity index is 1.46. The van der Waals surface area contributed by atoms with Crippen molar-refractivity contribution in [2.45, 2.75) is 19.4 Å². The number of piperidine rings is 1. The molecule has 1 amide bonds. The molecule has 7 heteroatoms. The molecule has 3 aromatic rings. The molecule has 0 unspecified atom stereocenters. The Morgan fingerprint density at radius 2 is 2.06 bits per heavy atom. The Kier molecular flexibility index (Phi) is 6.24. The number of fused-ring (bicyclic) bond motifs is 1. The summed E-state index contributed by atoms with van der Waals surface area (Å²) in [5.74, 6) is 0.714. The maximum Gasteiger partial charge on any atom is 0.223 e. The summed E-state index contributed by atoms with van der Waals surface area (Å²) in [6.45, 7) is 1.82. The first-order valence-electron chi connectivity index (χ1n) is 10.2. The number of pyridine rings is 1. The number of benzene rings is 2. The van der Waals surface area contributed by atoms with E-state index >= 15 is 0 Å². The zero-order valence-corrected chi connectivity index (χ0v) is 18.0. The van der Waals surface area contributed by atoms with Crippen LogP contribution in [0.3, 0.4) is 0 Å². The highest BCUT2D eigenvalue weighted by Gasteiger charge is 2.27. The number of hydrogen-bond donors (Lipinski definition) is 1. The molecule has 1 N–H and O–H groups in total. The number of carbonyl (C=O) groups is 1. The second kappa shape index (κ2) is 9.23. The molecule has 1 fully saturated rings. The van der Waals surface area contributed by atoms with E-state index in [0.717, 1.165) is 40.7 Å². The average Bonchev–Trinajstić information content (AvgIpc) is 2.82. The highest BCUT2D eigenvalue weighted by atomic mass is 35.5. The van der Waals surface area contributed by atoms with E-state index in [9.17, 15) is 10.1 Å². The highest BCUT2D eigenvalue weighted by molar-refractivity contribution is 6.31. The fourth-order valence-corrected chi connectivity index (χ4v) is 4.24. The molecule has 0 aliphatic carbocycles. The number of hydrogen-bond acceptors (Lipinski definition) is 5. The molecule has 2 heterocycles. The van der Waals surface area contributed by atoms with Crippen LogP contribution in [-0.4, -0.2) is 31.1 Å². The standard InChI is InChI=1S/C24H23ClN4O2/c1-31-19-6-7-20-22(12-19)27-15-18(13-26)23(20)29-10-8-16(9-11-29)24(30)28-14-17-4-2-3-5-21(17)25/h2-7,12,15-16H,8-11,14H2,1H3,(H,28,30). The largest absolute Gasteiger partial charge is 0.497 e. The molecular formula is C24H23ClN4O2. The number of carbonyl (C=O) groups excluding carboxylic acids is 1. The van der Waals surface area contributed by atoms with Crippen LogP contribution in [0.25, 0.3) is 10.9 Å². The van der Waals surface area contributed by atoms with E-state index in [1.165, 1.54) is 0 Å². The van der Waals surface area contributed by atoms with Crippen LogP contribution in [0.2, 0.25) is 5.02 Å². The molecule has 0 saturated carbocycles. The first-order valence-corrected chi connectivity index (χ1v) is 10.6. The number of aromatic nitrogens is 1. The van der Waals surface area contributed by atoms with Crippen molar-refractivity contribution in [3.05, 3.63) is 64.8 Å². The third-order valence-electron chi connectivity index (χ3n) is 5.76. The minimum Gasteiger partial charge on any atom is -0.497 e. The van der Waals surface area contributed by atoms with E-state index < -0.39 is 0 Å². The van der Waals surface area contributed by atoms with Crippen LogP contribution >= 0.6 is 11.6 Å². The summed E-state index contributed by atoms with van der Waals surface area (Å²) in [4.78, 5) is 19.3. The monoisotopic (exact) mass is 434 g/mol. The summed E-state index contributed by atoms with van der Waals surface area (Å²) >= 11 is 6.18. The first-order chi connectivity index (χ1) is 15.1. The maximum absolute atomic E-state index is 12.7. The van der Waals surface area contributed by atoms with Gasteiger partial charge in [0.15, 0.2) is 0 Å². The summed E-state index contributed by atoms with van der Waals surface area (Å²) in [7, 11) is 1.62. The number of nitrogens with one attached hydrogen (secondary N) is 1. The Labute approximate surface area is 186 Å². The summed E-state index contributed by atoms with van der Waals surface area (Å²) in [6, 6.07) is 15.5. The summed E-state index contributed by atoms with van der Waals surface area (Å²) in [6.07, 6.45) is 3.05. The lowest BCUT2D eigenvalue weighted by molar-refractivity contribution is -0.125. The summed E-state index contributed by atoms with van der Waals surface area (Å²) in [5, 5.41) is 14.2. The normalized spacial score (nSPS) is 14.3. The van der Waals surface area contributed by atoms with Crippen molar-refractivity contribution < 1.29 is 9.53 Å². The molecule has 0 atom stereocenters. The number of halogens is 1. The van der Waals surface area contributed by atoms with Gasteiger partial charge in [-0.3, -0.25) is 9.78 Å². The van der Waals surface area contributed by atoms with Crippen molar-refractivity contribution in [3.63, 3.8) is 0 Å². The van der Waals surface area contributed by atoms with E-state index in [0.29, 0.717) is 30.2 Å². The van der Waals surface area contributed by atoms with E-state index in [2.05, 4.69) is 21.3 Å². The summed E-state index contributed by atoms with van der Waals surface area (Å²) in [5.41, 5.74) is 3.12. The number of nitrogens with zero attached hydrogens (tertiary/aromatic N) is 3. The van der Waals surface area contributed by atoms with Crippen molar-refractivity contribution >= 4 is 34.1 Å². The fraction of sp³-hybridized carbons (Fsp3) is 0.292. The van der Waals surface area contributed by atoms with Crippen LogP contribution in [0.15, 0.2) is 48.7 Å². The molecule has 158 valence electrons. The molecule has 2 aromatic carbocycles. The zero-order chi connectivity index (χ0) is 21.8. The van der Waals surface area contributed by atoms with Gasteiger partial charge in [0.2, 0.25) is 5.91 Å². The Morgan fingerprint density at radius 3 is 2.77 bits per heavy atom. The minimum atomic E-state index is -0.0579. The number of nitriles is 1. The van der Waals surface area contributed by atoms with Crippen LogP contribution in [0.4, 0.5) is 5.69 Å². The maximum atomic E-state index is 12.7. The van der Waals surface area contributed by atoms with Gasteiger partial charge in [-0.2, -0.15) is 5.26 Å². The predicted octanol–water partition coefficient (Wildman–Crippen LogP) is 4.30. The van der Waals surface area contributed by atoms with Crippen LogP contribution in [0, 0.1) is 17.2 Å². The minimum absolute atomic E-state index is 0.0457. The van der Waals surface area contributed by atoms with Gasteiger partial charge in [-0.1, -0.05) is 29.8 Å². The number of methoxy groups -OCH3 is 1. The van der Waals surface area contributed by atoms with Crippen LogP contribution in [-0.2, 0) is 11.3 Å². The lowest BCUT2D eigenvalue weighted by Crippen LogP contribution is -2.40. The van der Waals surface area contributed by atoms with Crippen LogP contribution in [0.1, 0.15) is 24.0 Å². The van der Waals surface area contributed by atoms with Crippen molar-refractivity contribution in [1.82, 2.24) is 10.3 Å². The molecular weight excluding hydrogens is 412 g/mol. The third-order valence-corrected chi connectivity index (χ3v) is 6.13. The quantitative estimate of drug-likeness (QED) is 0.647. The number of ether oxygens (including phenoxy) is 1. The molecule has 1 aromatic heterocycles. The lowest BCUT2D eigenvalue weighted by Gasteiger charge is -2.34. The van der Waals surface area contributed by atoms with Gasteiger partial charge >= 0.3 is 0 Å². The summed E-state index contributed by atoms with van der Waals surface area (Å²) < 4.78 is 5.30. The topological polar surface area (TPSA) is 78.2 Å². The van der Waals surface area contributed by atoms with Gasteiger partial charge in [-0.05, 0) is 36.6 Å². The van der Waals surface area contributed by atoms with Crippen LogP contribution < -0.4 is 15.0 Å². The van der Waals surface area contributed by atoms with E-state index in [1.54, 1.807) is 13.3 Å². The third kappa shape index (κ3) is 4.42. The van der Waals surface area contributed by atoms with Crippen molar-refractivity contribution in [3.8, 4) is 11.8 Å². The van der Waals surface area contributed by atoms with Gasteiger partial charge in [0.05, 0.1) is 23.9 Å². The van der Waals surface area contributed by atoms with Crippen LogP contribution in [0.5, 0.6) is 5.75 Å². The molecule has 0 spiro atoms. The molecule has 4 rings (SSSR count). The molecule has 1 aliphatic heterocycles. The fourth-order valence-electron chi connectivity index (χ4n) is 4.04. The van der Waals surface area contributed by atoms with E-state index in [1.807, 2.05) is 42.5 Å². The van der Waals surface area contributed by atoms with Crippen molar-refractivity contribution in [1.29, 1.82) is 5.26 Å². The van der Waals surface area contributed by atoms with E-state index in [4.69, 9.17) is 16.3 Å². The van der Waals surface area contributed by atoms with Gasteiger partial charge < -0.3 is 15.0 Å². The molecule has 1 aliphatic rings. The van der Waals surface area contributed by atoms with Gasteiger partial charge in [-0.25, -0.2) is 0 Å². The molecule has 31 heavy (non-hydrogen) atoms. The Hall–Kier alpha value is -3.30. The predicted molar refractivity (Wildman–Crippen MR) is 121 cm³/mol. The highest BCUT2D eigenvalue weighted by Crippen LogP contribution is 2.34. The van der Waals surface area contributed by atoms with Crippen molar-refractivity contribution in [2.75, 3.05) is 25.1 Å². The average molecular weight is 435 g/mol. The molecule has 1 saturated heterocycles. The van der Waals surface area contributed by atoms with Gasteiger partial charge in [0.25, 0.3) is 0 Å². The smallest absolute Gasteiger partial charge is 0.223 e. The Morgan fingerprint density at radius 1 is 1.29 bits per heavy atom. The molecule has 0 radical (unpaired) electrons. The number of amides is 1. The first kappa shape index (κ1) is 21.0. The second-order valence-corrected chi connectivity index (χ2v) is 7.99. The van der Waals surface area contributed by atoms with Crippen molar-refractivity contribution in [2.24, 2.45) is 5.92 Å². The second-order valence-electron chi connectivity index (χ2n) is 7.59.